The fourth-order valence-electron chi connectivity index (χ4n) is 1.69. The summed E-state index contributed by atoms with van der Waals surface area (Å²) in [6.07, 6.45) is 2.25. The van der Waals surface area contributed by atoms with E-state index in [1.807, 2.05) is 18.4 Å². The smallest absolute Gasteiger partial charge is 0.295 e. The Labute approximate surface area is 109 Å². The van der Waals surface area contributed by atoms with Crippen molar-refractivity contribution in [2.75, 3.05) is 12.4 Å². The zero-order valence-electron chi connectivity index (χ0n) is 10.3. The lowest BCUT2D eigenvalue weighted by Gasteiger charge is -2.15. The van der Waals surface area contributed by atoms with Gasteiger partial charge in [-0.25, -0.2) is 4.98 Å². The lowest BCUT2D eigenvalue weighted by molar-refractivity contribution is 0.407. The molecule has 2 aromatic heterocycles. The number of methoxy groups -OCH3 is 1. The predicted molar refractivity (Wildman–Crippen MR) is 72.5 cm³/mol. The van der Waals surface area contributed by atoms with E-state index in [-0.39, 0.29) is 17.4 Å². The number of anilines is 1. The minimum Gasteiger partial charge on any atom is -0.489 e. The average Bonchev–Trinajstić information content (AvgIpc) is 2.82. The van der Waals surface area contributed by atoms with Crippen LogP contribution in [0.3, 0.4) is 0 Å². The van der Waals surface area contributed by atoms with Gasteiger partial charge in [0.2, 0.25) is 5.75 Å². The van der Waals surface area contributed by atoms with Gasteiger partial charge in [0.15, 0.2) is 5.82 Å². The first-order valence-corrected chi connectivity index (χ1v) is 6.49. The van der Waals surface area contributed by atoms with E-state index in [1.54, 1.807) is 11.3 Å². The van der Waals surface area contributed by atoms with E-state index in [1.165, 1.54) is 18.3 Å². The van der Waals surface area contributed by atoms with Crippen molar-refractivity contribution in [2.24, 2.45) is 0 Å². The molecule has 2 rings (SSSR count). The molecule has 2 aromatic rings. The second-order valence-corrected chi connectivity index (χ2v) is 4.97. The Morgan fingerprint density at radius 3 is 3.11 bits per heavy atom. The second-order valence-electron chi connectivity index (χ2n) is 3.94. The molecule has 0 saturated heterocycles. The average molecular weight is 265 g/mol. The van der Waals surface area contributed by atoms with Crippen molar-refractivity contribution < 1.29 is 4.74 Å². The van der Waals surface area contributed by atoms with Crippen LogP contribution in [0.2, 0.25) is 0 Å². The molecule has 0 fully saturated rings. The zero-order chi connectivity index (χ0) is 13.0. The van der Waals surface area contributed by atoms with Crippen LogP contribution in [0.5, 0.6) is 5.75 Å². The number of nitrogens with zero attached hydrogens (tertiary/aromatic N) is 1. The molecule has 0 aliphatic heterocycles. The molecule has 0 bridgehead atoms. The molecule has 0 aromatic carbocycles. The fraction of sp³-hybridized carbons (Fsp3) is 0.333. The molecule has 18 heavy (non-hydrogen) atoms. The number of aromatic amines is 1. The number of hydrogen-bond acceptors (Lipinski definition) is 5. The number of aromatic nitrogens is 2. The Bertz CT molecular complexity index is 551. The first-order chi connectivity index (χ1) is 8.70. The molecule has 0 radical (unpaired) electrons. The van der Waals surface area contributed by atoms with Gasteiger partial charge in [-0.1, -0.05) is 6.07 Å². The number of ether oxygens (including phenoxy) is 1. The maximum atomic E-state index is 11.5. The number of hydrogen-bond donors (Lipinski definition) is 2. The standard InChI is InChI=1S/C12H15N3O2S/c1-8(6-9-4-3-5-18-9)15-11-10(17-2)12(16)14-7-13-11/h3-5,7-8H,6H2,1-2H3,(H2,13,14,15,16). The minimum absolute atomic E-state index is 0.173. The third-order valence-corrected chi connectivity index (χ3v) is 3.38. The van der Waals surface area contributed by atoms with Crippen LogP contribution in [0.4, 0.5) is 5.82 Å². The zero-order valence-corrected chi connectivity index (χ0v) is 11.1. The van der Waals surface area contributed by atoms with Gasteiger partial charge in [0.1, 0.15) is 0 Å². The van der Waals surface area contributed by atoms with Crippen LogP contribution in [-0.2, 0) is 6.42 Å². The van der Waals surface area contributed by atoms with Gasteiger partial charge >= 0.3 is 0 Å². The summed E-state index contributed by atoms with van der Waals surface area (Å²) in [6, 6.07) is 4.29. The van der Waals surface area contributed by atoms with Gasteiger partial charge in [0, 0.05) is 17.3 Å². The molecule has 1 atom stereocenters. The van der Waals surface area contributed by atoms with Crippen LogP contribution in [-0.4, -0.2) is 23.1 Å². The number of nitrogens with one attached hydrogen (secondary N) is 2. The molecule has 0 spiro atoms. The van der Waals surface area contributed by atoms with Crippen LogP contribution in [0.1, 0.15) is 11.8 Å². The van der Waals surface area contributed by atoms with Gasteiger partial charge in [-0.05, 0) is 18.4 Å². The summed E-state index contributed by atoms with van der Waals surface area (Å²) in [4.78, 5) is 19.4. The summed E-state index contributed by atoms with van der Waals surface area (Å²) in [6.45, 7) is 2.04. The van der Waals surface area contributed by atoms with Crippen molar-refractivity contribution in [3.63, 3.8) is 0 Å². The lowest BCUT2D eigenvalue weighted by atomic mass is 10.2. The van der Waals surface area contributed by atoms with Gasteiger partial charge in [-0.2, -0.15) is 0 Å². The topological polar surface area (TPSA) is 67.0 Å². The largest absolute Gasteiger partial charge is 0.489 e. The monoisotopic (exact) mass is 265 g/mol. The highest BCUT2D eigenvalue weighted by molar-refractivity contribution is 7.09. The summed E-state index contributed by atoms with van der Waals surface area (Å²) in [5.41, 5.74) is -0.279. The van der Waals surface area contributed by atoms with Gasteiger partial charge in [0.05, 0.1) is 13.4 Å². The van der Waals surface area contributed by atoms with E-state index in [9.17, 15) is 4.79 Å². The molecule has 0 amide bonds. The van der Waals surface area contributed by atoms with Crippen molar-refractivity contribution in [2.45, 2.75) is 19.4 Å². The van der Waals surface area contributed by atoms with Crippen molar-refractivity contribution in [1.29, 1.82) is 0 Å². The van der Waals surface area contributed by atoms with Gasteiger partial charge in [0.25, 0.3) is 5.56 Å². The first-order valence-electron chi connectivity index (χ1n) is 5.61. The van der Waals surface area contributed by atoms with E-state index < -0.39 is 0 Å². The second kappa shape index (κ2) is 5.68. The van der Waals surface area contributed by atoms with Crippen molar-refractivity contribution in [3.05, 3.63) is 39.1 Å². The maximum absolute atomic E-state index is 11.5. The predicted octanol–water partition coefficient (Wildman–Crippen LogP) is 1.88. The SMILES string of the molecule is COc1c(NC(C)Cc2cccs2)nc[nH]c1=O. The normalized spacial score (nSPS) is 12.1. The molecule has 0 aliphatic rings. The molecule has 0 aliphatic carbocycles. The molecule has 1 unspecified atom stereocenters. The third-order valence-electron chi connectivity index (χ3n) is 2.49. The Kier molecular flexibility index (Phi) is 3.99. The van der Waals surface area contributed by atoms with E-state index in [2.05, 4.69) is 21.4 Å². The summed E-state index contributed by atoms with van der Waals surface area (Å²) in [5, 5.41) is 5.24. The summed E-state index contributed by atoms with van der Waals surface area (Å²) in [5.74, 6) is 0.695. The van der Waals surface area contributed by atoms with E-state index >= 15 is 0 Å². The number of H-pyrrole nitrogens is 1. The Morgan fingerprint density at radius 1 is 1.61 bits per heavy atom. The van der Waals surface area contributed by atoms with Crippen LogP contribution in [0, 0.1) is 0 Å². The Balaban J connectivity index is 2.09. The highest BCUT2D eigenvalue weighted by Crippen LogP contribution is 2.18. The van der Waals surface area contributed by atoms with Crippen LogP contribution < -0.4 is 15.6 Å². The van der Waals surface area contributed by atoms with Gasteiger partial charge in [-0.15, -0.1) is 11.3 Å². The lowest BCUT2D eigenvalue weighted by Crippen LogP contribution is -2.21. The quantitative estimate of drug-likeness (QED) is 0.866. The van der Waals surface area contributed by atoms with Crippen LogP contribution in [0.15, 0.2) is 28.6 Å². The minimum atomic E-state index is -0.279. The Hall–Kier alpha value is -1.82. The van der Waals surface area contributed by atoms with E-state index in [0.29, 0.717) is 5.82 Å². The number of rotatable bonds is 5. The molecular formula is C12H15N3O2S. The third kappa shape index (κ3) is 2.89. The van der Waals surface area contributed by atoms with Crippen molar-refractivity contribution >= 4 is 17.2 Å². The molecule has 5 nitrogen and oxygen atoms in total. The molecule has 0 saturated carbocycles. The fourth-order valence-corrected chi connectivity index (χ4v) is 2.53. The van der Waals surface area contributed by atoms with Crippen molar-refractivity contribution in [1.82, 2.24) is 9.97 Å². The summed E-state index contributed by atoms with van der Waals surface area (Å²) < 4.78 is 5.05. The molecular weight excluding hydrogens is 250 g/mol. The summed E-state index contributed by atoms with van der Waals surface area (Å²) >= 11 is 1.72. The van der Waals surface area contributed by atoms with Gasteiger partial charge < -0.3 is 15.0 Å². The molecule has 96 valence electrons. The summed E-state index contributed by atoms with van der Waals surface area (Å²) in [7, 11) is 1.46. The first kappa shape index (κ1) is 12.6. The Morgan fingerprint density at radius 2 is 2.44 bits per heavy atom. The molecule has 2 N–H and O–H groups in total. The van der Waals surface area contributed by atoms with Crippen molar-refractivity contribution in [3.8, 4) is 5.75 Å². The van der Waals surface area contributed by atoms with Gasteiger partial charge in [-0.3, -0.25) is 4.79 Å². The molecule has 2 heterocycles. The molecule has 6 heteroatoms. The van der Waals surface area contributed by atoms with Crippen LogP contribution >= 0.6 is 11.3 Å². The van der Waals surface area contributed by atoms with E-state index in [4.69, 9.17) is 4.74 Å². The highest BCUT2D eigenvalue weighted by atomic mass is 32.1. The number of thiophene rings is 1. The highest BCUT2D eigenvalue weighted by Gasteiger charge is 2.12. The van der Waals surface area contributed by atoms with E-state index in [0.717, 1.165) is 6.42 Å². The maximum Gasteiger partial charge on any atom is 0.295 e. The van der Waals surface area contributed by atoms with Crippen LogP contribution in [0.25, 0.3) is 0 Å².